The molecule has 3 aromatic rings. The lowest BCUT2D eigenvalue weighted by Gasteiger charge is -2.24. The summed E-state index contributed by atoms with van der Waals surface area (Å²) in [4.78, 5) is 27.9. The lowest BCUT2D eigenvalue weighted by molar-refractivity contribution is -0.384. The van der Waals surface area contributed by atoms with Crippen LogP contribution < -0.4 is 10.1 Å². The molecule has 2 aromatic carbocycles. The molecule has 0 aliphatic heterocycles. The van der Waals surface area contributed by atoms with Gasteiger partial charge in [-0.05, 0) is 51.0 Å². The first-order valence-electron chi connectivity index (χ1n) is 10.6. The fraction of sp³-hybridized carbons (Fsp3) is 0.391. The Morgan fingerprint density at radius 3 is 2.72 bits per heavy atom. The topological polar surface area (TPSA) is 99.3 Å². The third-order valence-electron chi connectivity index (χ3n) is 5.75. The molecule has 1 aliphatic carbocycles. The van der Waals surface area contributed by atoms with E-state index in [1.165, 1.54) is 17.8 Å². The van der Waals surface area contributed by atoms with Crippen molar-refractivity contribution in [3.05, 3.63) is 52.1 Å². The number of carbonyl (C=O) groups is 1. The summed E-state index contributed by atoms with van der Waals surface area (Å²) < 4.78 is 7.53. The first-order chi connectivity index (χ1) is 15.4. The van der Waals surface area contributed by atoms with E-state index in [2.05, 4.69) is 23.7 Å². The van der Waals surface area contributed by atoms with Crippen molar-refractivity contribution in [2.75, 3.05) is 12.4 Å². The Morgan fingerprint density at radius 1 is 1.31 bits per heavy atom. The number of methoxy groups -OCH3 is 1. The highest BCUT2D eigenvalue weighted by Crippen LogP contribution is 2.34. The Hall–Kier alpha value is -3.07. The molecular weight excluding hydrogens is 428 g/mol. The minimum absolute atomic E-state index is 0.0330. The van der Waals surface area contributed by atoms with Crippen LogP contribution in [0.5, 0.6) is 5.75 Å². The molecule has 0 bridgehead atoms. The molecule has 1 amide bonds. The summed E-state index contributed by atoms with van der Waals surface area (Å²) >= 11 is 1.50. The Morgan fingerprint density at radius 2 is 2.09 bits per heavy atom. The molecule has 1 fully saturated rings. The highest BCUT2D eigenvalue weighted by molar-refractivity contribution is 7.98. The molecule has 1 N–H and O–H groups in total. The molecule has 1 aromatic heterocycles. The zero-order chi connectivity index (χ0) is 22.8. The van der Waals surface area contributed by atoms with Gasteiger partial charge in [-0.1, -0.05) is 18.2 Å². The van der Waals surface area contributed by atoms with Gasteiger partial charge in [0.25, 0.3) is 5.69 Å². The highest BCUT2D eigenvalue weighted by Gasteiger charge is 2.25. The van der Waals surface area contributed by atoms with Gasteiger partial charge in [-0.3, -0.25) is 14.9 Å². The van der Waals surface area contributed by atoms with E-state index in [1.54, 1.807) is 19.2 Å². The normalized spacial score (nSPS) is 13.9. The number of carbonyl (C=O) groups excluding carboxylic acids is 1. The first kappa shape index (κ1) is 22.1. The fourth-order valence-corrected chi connectivity index (χ4v) is 4.93. The van der Waals surface area contributed by atoms with E-state index in [1.807, 2.05) is 18.2 Å². The zero-order valence-electron chi connectivity index (χ0n) is 18.3. The van der Waals surface area contributed by atoms with Gasteiger partial charge in [-0.2, -0.15) is 0 Å². The van der Waals surface area contributed by atoms with Crippen LogP contribution in [-0.4, -0.2) is 27.5 Å². The molecule has 168 valence electrons. The lowest BCUT2D eigenvalue weighted by Crippen LogP contribution is -2.27. The third-order valence-corrected chi connectivity index (χ3v) is 6.75. The summed E-state index contributed by atoms with van der Waals surface area (Å²) in [7, 11) is 1.55. The van der Waals surface area contributed by atoms with Crippen LogP contribution in [0.1, 0.15) is 44.7 Å². The van der Waals surface area contributed by atoms with Crippen molar-refractivity contribution < 1.29 is 14.5 Å². The van der Waals surface area contributed by atoms with Gasteiger partial charge in [0, 0.05) is 41.1 Å². The minimum Gasteiger partial charge on any atom is -0.496 e. The molecule has 4 rings (SSSR count). The van der Waals surface area contributed by atoms with E-state index in [0.717, 1.165) is 46.7 Å². The van der Waals surface area contributed by atoms with Crippen molar-refractivity contribution in [3.63, 3.8) is 0 Å². The highest BCUT2D eigenvalue weighted by atomic mass is 32.2. The lowest BCUT2D eigenvalue weighted by atomic mass is 9.85. The molecule has 0 atom stereocenters. The van der Waals surface area contributed by atoms with E-state index in [9.17, 15) is 14.9 Å². The summed E-state index contributed by atoms with van der Waals surface area (Å²) in [5.74, 6) is 1.28. The summed E-state index contributed by atoms with van der Waals surface area (Å²) in [6.45, 7) is 4.18. The van der Waals surface area contributed by atoms with Crippen LogP contribution in [0.2, 0.25) is 0 Å². The van der Waals surface area contributed by atoms with E-state index in [4.69, 9.17) is 9.72 Å². The number of hydrogen-bond acceptors (Lipinski definition) is 6. The van der Waals surface area contributed by atoms with Gasteiger partial charge in [-0.25, -0.2) is 4.98 Å². The van der Waals surface area contributed by atoms with Crippen LogP contribution >= 0.6 is 11.8 Å². The molecule has 9 heteroatoms. The number of fused-ring (bicyclic) bond motifs is 1. The molecule has 32 heavy (non-hydrogen) atoms. The van der Waals surface area contributed by atoms with E-state index in [0.29, 0.717) is 11.5 Å². The number of non-ortho nitro benzene ring substituents is 1. The summed E-state index contributed by atoms with van der Waals surface area (Å²) in [6, 6.07) is 10.6. The number of nitrogens with zero attached hydrogens (tertiary/aromatic N) is 3. The molecule has 1 heterocycles. The summed E-state index contributed by atoms with van der Waals surface area (Å²) in [5.41, 5.74) is 3.31. The molecule has 1 saturated carbocycles. The number of ether oxygens (including phenoxy) is 1. The maximum absolute atomic E-state index is 12.3. The first-order valence-corrected chi connectivity index (χ1v) is 11.6. The van der Waals surface area contributed by atoms with Crippen molar-refractivity contribution in [2.24, 2.45) is 5.92 Å². The number of thioether (sulfide) groups is 1. The Kier molecular flexibility index (Phi) is 6.36. The molecule has 1 aliphatic rings. The number of imidazole rings is 1. The van der Waals surface area contributed by atoms with E-state index >= 15 is 0 Å². The second-order valence-electron chi connectivity index (χ2n) is 8.22. The second kappa shape index (κ2) is 9.20. The zero-order valence-corrected chi connectivity index (χ0v) is 19.1. The van der Waals surface area contributed by atoms with Gasteiger partial charge in [0.05, 0.1) is 23.1 Å². The van der Waals surface area contributed by atoms with Crippen molar-refractivity contribution in [2.45, 2.75) is 50.1 Å². The van der Waals surface area contributed by atoms with Crippen molar-refractivity contribution >= 4 is 40.1 Å². The number of amides is 1. The smallest absolute Gasteiger partial charge is 0.270 e. The van der Waals surface area contributed by atoms with Gasteiger partial charge in [0.15, 0.2) is 5.16 Å². The van der Waals surface area contributed by atoms with Crippen molar-refractivity contribution in [3.8, 4) is 5.75 Å². The number of rotatable bonds is 8. The predicted molar refractivity (Wildman–Crippen MR) is 125 cm³/mol. The maximum Gasteiger partial charge on any atom is 0.270 e. The summed E-state index contributed by atoms with van der Waals surface area (Å²) in [5, 5.41) is 15.0. The monoisotopic (exact) mass is 454 g/mol. The summed E-state index contributed by atoms with van der Waals surface area (Å²) in [6.07, 6.45) is 3.03. The van der Waals surface area contributed by atoms with E-state index < -0.39 is 4.92 Å². The van der Waals surface area contributed by atoms with Crippen LogP contribution in [0.25, 0.3) is 11.0 Å². The van der Waals surface area contributed by atoms with Crippen molar-refractivity contribution in [1.82, 2.24) is 9.55 Å². The van der Waals surface area contributed by atoms with Crippen LogP contribution in [-0.2, 0) is 10.5 Å². The van der Waals surface area contributed by atoms with Gasteiger partial charge < -0.3 is 14.6 Å². The number of anilines is 1. The van der Waals surface area contributed by atoms with Crippen LogP contribution in [0.3, 0.4) is 0 Å². The average Bonchev–Trinajstić information content (AvgIpc) is 3.08. The molecular formula is C23H26N4O4S. The third kappa shape index (κ3) is 4.43. The number of nitro groups is 1. The van der Waals surface area contributed by atoms with E-state index in [-0.39, 0.29) is 23.6 Å². The largest absolute Gasteiger partial charge is 0.496 e. The second-order valence-corrected chi connectivity index (χ2v) is 9.16. The Balaban J connectivity index is 1.60. The van der Waals surface area contributed by atoms with Crippen LogP contribution in [0.15, 0.2) is 41.6 Å². The number of aromatic nitrogens is 2. The molecule has 0 saturated heterocycles. The fourth-order valence-electron chi connectivity index (χ4n) is 3.80. The minimum atomic E-state index is -0.406. The number of benzene rings is 2. The number of nitro benzene ring substituents is 1. The molecule has 0 radical (unpaired) electrons. The Bertz CT molecular complexity index is 1170. The van der Waals surface area contributed by atoms with Gasteiger partial charge in [0.1, 0.15) is 5.75 Å². The average molecular weight is 455 g/mol. The molecule has 0 unspecified atom stereocenters. The van der Waals surface area contributed by atoms with Gasteiger partial charge in [-0.15, -0.1) is 0 Å². The van der Waals surface area contributed by atoms with Crippen molar-refractivity contribution in [1.29, 1.82) is 0 Å². The van der Waals surface area contributed by atoms with Gasteiger partial charge in [0.2, 0.25) is 5.91 Å². The quantitative estimate of drug-likeness (QED) is 0.272. The molecule has 0 spiro atoms. The van der Waals surface area contributed by atoms with Crippen LogP contribution in [0.4, 0.5) is 11.4 Å². The van der Waals surface area contributed by atoms with Crippen LogP contribution in [0, 0.1) is 16.0 Å². The standard InChI is InChI=1S/C23H26N4O4S/c1-14(2)26-20-9-7-17(24-22(28)15-5-4-6-15)12-19(20)25-23(26)32-13-16-11-18(27(29)30)8-10-21(16)31-3/h7-12,14-15H,4-6,13H2,1-3H3,(H,24,28). The number of nitrogens with one attached hydrogen (secondary N) is 1. The SMILES string of the molecule is COc1ccc([N+](=O)[O-])cc1CSc1nc2cc(NC(=O)C3CCC3)ccc2n1C(C)C. The molecule has 8 nitrogen and oxygen atoms in total. The number of hydrogen-bond donors (Lipinski definition) is 1. The predicted octanol–water partition coefficient (Wildman–Crippen LogP) is 5.56. The van der Waals surface area contributed by atoms with Gasteiger partial charge >= 0.3 is 0 Å². The maximum atomic E-state index is 12.3. The Labute approximate surface area is 190 Å².